The van der Waals surface area contributed by atoms with E-state index in [1.54, 1.807) is 18.2 Å². The Kier molecular flexibility index (Phi) is 3.94. The SMILES string of the molecule is CCN(c1cccc(C)c1)c1c(N)cccc1C(=O)O. The normalized spacial score (nSPS) is 10.3. The van der Waals surface area contributed by atoms with Crippen molar-refractivity contribution in [3.8, 4) is 0 Å². The van der Waals surface area contributed by atoms with Crippen molar-refractivity contribution in [3.63, 3.8) is 0 Å². The number of hydrogen-bond donors (Lipinski definition) is 2. The van der Waals surface area contributed by atoms with E-state index < -0.39 is 5.97 Å². The summed E-state index contributed by atoms with van der Waals surface area (Å²) in [6.45, 7) is 4.61. The molecule has 0 amide bonds. The van der Waals surface area contributed by atoms with Crippen LogP contribution >= 0.6 is 0 Å². The maximum atomic E-state index is 11.4. The molecule has 0 radical (unpaired) electrons. The van der Waals surface area contributed by atoms with E-state index in [2.05, 4.69) is 0 Å². The average molecular weight is 270 g/mol. The Hall–Kier alpha value is -2.49. The molecule has 0 aliphatic heterocycles. The number of benzene rings is 2. The summed E-state index contributed by atoms with van der Waals surface area (Å²) in [6, 6.07) is 12.9. The maximum Gasteiger partial charge on any atom is 0.337 e. The van der Waals surface area contributed by atoms with Crippen molar-refractivity contribution in [2.24, 2.45) is 0 Å². The summed E-state index contributed by atoms with van der Waals surface area (Å²) in [7, 11) is 0. The number of nitrogen functional groups attached to an aromatic ring is 1. The van der Waals surface area contributed by atoms with Gasteiger partial charge >= 0.3 is 5.97 Å². The third-order valence-electron chi connectivity index (χ3n) is 3.20. The lowest BCUT2D eigenvalue weighted by molar-refractivity contribution is 0.0697. The molecule has 0 heterocycles. The van der Waals surface area contributed by atoms with Crippen molar-refractivity contribution in [1.29, 1.82) is 0 Å². The highest BCUT2D eigenvalue weighted by Crippen LogP contribution is 2.34. The minimum absolute atomic E-state index is 0.216. The molecular weight excluding hydrogens is 252 g/mol. The van der Waals surface area contributed by atoms with E-state index in [-0.39, 0.29) is 5.56 Å². The number of carboxylic acid groups (broad SMARTS) is 1. The van der Waals surface area contributed by atoms with Gasteiger partial charge in [-0.3, -0.25) is 0 Å². The van der Waals surface area contributed by atoms with Crippen LogP contribution in [-0.2, 0) is 0 Å². The number of hydrogen-bond acceptors (Lipinski definition) is 3. The van der Waals surface area contributed by atoms with E-state index in [1.165, 1.54) is 0 Å². The van der Waals surface area contributed by atoms with Crippen molar-refractivity contribution >= 4 is 23.0 Å². The fourth-order valence-electron chi connectivity index (χ4n) is 2.30. The molecule has 4 nitrogen and oxygen atoms in total. The first-order valence-corrected chi connectivity index (χ1v) is 6.50. The van der Waals surface area contributed by atoms with Crippen LogP contribution in [0.2, 0.25) is 0 Å². The molecule has 4 heteroatoms. The van der Waals surface area contributed by atoms with Crippen molar-refractivity contribution in [3.05, 3.63) is 53.6 Å². The average Bonchev–Trinajstić information content (AvgIpc) is 2.41. The smallest absolute Gasteiger partial charge is 0.337 e. The molecule has 0 unspecified atom stereocenters. The zero-order valence-electron chi connectivity index (χ0n) is 11.6. The Morgan fingerprint density at radius 3 is 2.55 bits per heavy atom. The minimum atomic E-state index is -0.974. The molecule has 2 rings (SSSR count). The van der Waals surface area contributed by atoms with Crippen LogP contribution in [0, 0.1) is 6.92 Å². The second-order valence-corrected chi connectivity index (χ2v) is 4.63. The van der Waals surface area contributed by atoms with Gasteiger partial charge in [-0.25, -0.2) is 4.79 Å². The second kappa shape index (κ2) is 5.65. The number of para-hydroxylation sites is 1. The van der Waals surface area contributed by atoms with Gasteiger partial charge in [-0.1, -0.05) is 18.2 Å². The molecular formula is C16H18N2O2. The summed E-state index contributed by atoms with van der Waals surface area (Å²) in [6.07, 6.45) is 0. The summed E-state index contributed by atoms with van der Waals surface area (Å²) in [5.74, 6) is -0.974. The lowest BCUT2D eigenvalue weighted by atomic mass is 10.1. The van der Waals surface area contributed by atoms with Gasteiger partial charge in [0, 0.05) is 12.2 Å². The van der Waals surface area contributed by atoms with Gasteiger partial charge in [-0.2, -0.15) is 0 Å². The van der Waals surface area contributed by atoms with Gasteiger partial charge in [0.25, 0.3) is 0 Å². The van der Waals surface area contributed by atoms with Crippen LogP contribution in [0.15, 0.2) is 42.5 Å². The quantitative estimate of drug-likeness (QED) is 0.835. The van der Waals surface area contributed by atoms with E-state index in [9.17, 15) is 9.90 Å². The monoisotopic (exact) mass is 270 g/mol. The predicted molar refractivity (Wildman–Crippen MR) is 81.7 cm³/mol. The highest BCUT2D eigenvalue weighted by atomic mass is 16.4. The van der Waals surface area contributed by atoms with Crippen LogP contribution in [0.3, 0.4) is 0 Å². The van der Waals surface area contributed by atoms with Crippen LogP contribution in [0.4, 0.5) is 17.1 Å². The molecule has 0 atom stereocenters. The zero-order valence-corrected chi connectivity index (χ0v) is 11.6. The largest absolute Gasteiger partial charge is 0.478 e. The Morgan fingerprint density at radius 2 is 1.95 bits per heavy atom. The van der Waals surface area contributed by atoms with Gasteiger partial charge in [-0.15, -0.1) is 0 Å². The molecule has 0 bridgehead atoms. The second-order valence-electron chi connectivity index (χ2n) is 4.63. The number of rotatable bonds is 4. The summed E-state index contributed by atoms with van der Waals surface area (Å²) < 4.78 is 0. The van der Waals surface area contributed by atoms with Gasteiger partial charge in [-0.05, 0) is 43.7 Å². The van der Waals surface area contributed by atoms with E-state index in [0.29, 0.717) is 17.9 Å². The van der Waals surface area contributed by atoms with E-state index in [1.807, 2.05) is 43.0 Å². The van der Waals surface area contributed by atoms with Crippen LogP contribution in [-0.4, -0.2) is 17.6 Å². The van der Waals surface area contributed by atoms with Crippen LogP contribution < -0.4 is 10.6 Å². The third kappa shape index (κ3) is 2.59. The number of aryl methyl sites for hydroxylation is 1. The Balaban J connectivity index is 2.60. The molecule has 0 saturated heterocycles. The fraction of sp³-hybridized carbons (Fsp3) is 0.188. The topological polar surface area (TPSA) is 66.6 Å². The number of carbonyl (C=O) groups is 1. The molecule has 0 aromatic heterocycles. The van der Waals surface area contributed by atoms with E-state index >= 15 is 0 Å². The molecule has 3 N–H and O–H groups in total. The fourth-order valence-corrected chi connectivity index (χ4v) is 2.30. The predicted octanol–water partition coefficient (Wildman–Crippen LogP) is 3.43. The van der Waals surface area contributed by atoms with Crippen molar-refractivity contribution in [2.45, 2.75) is 13.8 Å². The zero-order chi connectivity index (χ0) is 14.7. The van der Waals surface area contributed by atoms with Gasteiger partial charge in [0.15, 0.2) is 0 Å². The first kappa shape index (κ1) is 13.9. The highest BCUT2D eigenvalue weighted by Gasteiger charge is 2.19. The van der Waals surface area contributed by atoms with E-state index in [4.69, 9.17) is 5.73 Å². The maximum absolute atomic E-state index is 11.4. The Morgan fingerprint density at radius 1 is 1.25 bits per heavy atom. The number of nitrogens with two attached hydrogens (primary N) is 1. The number of nitrogens with zero attached hydrogens (tertiary/aromatic N) is 1. The molecule has 20 heavy (non-hydrogen) atoms. The van der Waals surface area contributed by atoms with Crippen LogP contribution in [0.5, 0.6) is 0 Å². The van der Waals surface area contributed by atoms with Crippen LogP contribution in [0.1, 0.15) is 22.8 Å². The lowest BCUT2D eigenvalue weighted by Gasteiger charge is -2.26. The lowest BCUT2D eigenvalue weighted by Crippen LogP contribution is -2.20. The Bertz CT molecular complexity index is 638. The van der Waals surface area contributed by atoms with Gasteiger partial charge < -0.3 is 15.7 Å². The number of carboxylic acids is 1. The summed E-state index contributed by atoms with van der Waals surface area (Å²) in [5, 5.41) is 9.35. The number of anilines is 3. The molecule has 0 aliphatic rings. The highest BCUT2D eigenvalue weighted by molar-refractivity contribution is 5.99. The van der Waals surface area contributed by atoms with Gasteiger partial charge in [0.2, 0.25) is 0 Å². The van der Waals surface area contributed by atoms with Crippen molar-refractivity contribution in [1.82, 2.24) is 0 Å². The molecule has 0 fully saturated rings. The summed E-state index contributed by atoms with van der Waals surface area (Å²) >= 11 is 0. The van der Waals surface area contributed by atoms with Crippen LogP contribution in [0.25, 0.3) is 0 Å². The van der Waals surface area contributed by atoms with Crippen molar-refractivity contribution < 1.29 is 9.90 Å². The molecule has 0 aliphatic carbocycles. The Labute approximate surface area is 118 Å². The first-order valence-electron chi connectivity index (χ1n) is 6.50. The summed E-state index contributed by atoms with van der Waals surface area (Å²) in [4.78, 5) is 13.3. The van der Waals surface area contributed by atoms with Gasteiger partial charge in [0.05, 0.1) is 16.9 Å². The third-order valence-corrected chi connectivity index (χ3v) is 3.20. The summed E-state index contributed by atoms with van der Waals surface area (Å²) in [5.41, 5.74) is 9.29. The molecule has 0 saturated carbocycles. The van der Waals surface area contributed by atoms with E-state index in [0.717, 1.165) is 11.3 Å². The molecule has 2 aromatic rings. The molecule has 104 valence electrons. The van der Waals surface area contributed by atoms with Gasteiger partial charge in [0.1, 0.15) is 0 Å². The standard InChI is InChI=1S/C16H18N2O2/c1-3-18(12-7-4-6-11(2)10-12)15-13(16(19)20)8-5-9-14(15)17/h4-10H,3,17H2,1-2H3,(H,19,20). The molecule has 0 spiro atoms. The van der Waals surface area contributed by atoms with Crippen molar-refractivity contribution in [2.75, 3.05) is 17.2 Å². The number of aromatic carboxylic acids is 1. The minimum Gasteiger partial charge on any atom is -0.478 e. The first-order chi connectivity index (χ1) is 9.54. The molecule has 2 aromatic carbocycles.